The number of ether oxygens (including phenoxy) is 4. The fourth-order valence-corrected chi connectivity index (χ4v) is 6.41. The maximum Gasteiger partial charge on any atom is 0.172 e. The molecule has 1 spiro atoms. The normalized spacial score (nSPS) is 26.1. The van der Waals surface area contributed by atoms with E-state index in [1.54, 1.807) is 0 Å². The van der Waals surface area contributed by atoms with E-state index in [0.717, 1.165) is 12.3 Å². The summed E-state index contributed by atoms with van der Waals surface area (Å²) in [5.41, 5.74) is 2.35. The molecule has 0 N–H and O–H groups in total. The molecule has 0 unspecified atom stereocenters. The molecule has 1 saturated heterocycles. The lowest BCUT2D eigenvalue weighted by Gasteiger charge is -2.32. The molecule has 0 amide bonds. The Morgan fingerprint density at radius 1 is 0.676 bits per heavy atom. The third-order valence-electron chi connectivity index (χ3n) is 8.43. The number of fused-ring (bicyclic) bond motifs is 4. The fraction of sp³-hybridized carbons (Fsp3) is 0.394. The van der Waals surface area contributed by atoms with Crippen molar-refractivity contribution >= 4 is 21.5 Å². The molecule has 190 valence electrons. The summed E-state index contributed by atoms with van der Waals surface area (Å²) in [6, 6.07) is 29.9. The monoisotopic (exact) mass is 494 g/mol. The van der Waals surface area contributed by atoms with Gasteiger partial charge in [-0.3, -0.25) is 0 Å². The Kier molecular flexibility index (Phi) is 6.22. The second kappa shape index (κ2) is 9.85. The molecule has 7 rings (SSSR count). The van der Waals surface area contributed by atoms with E-state index in [2.05, 4.69) is 84.9 Å². The first-order valence-electron chi connectivity index (χ1n) is 13.7. The van der Waals surface area contributed by atoms with E-state index in [4.69, 9.17) is 18.9 Å². The van der Waals surface area contributed by atoms with Crippen LogP contribution in [0.25, 0.3) is 21.5 Å². The van der Waals surface area contributed by atoms with Crippen LogP contribution in [0.3, 0.4) is 0 Å². The Hall–Kier alpha value is -2.76. The van der Waals surface area contributed by atoms with Crippen molar-refractivity contribution in [2.45, 2.75) is 56.9 Å². The first kappa shape index (κ1) is 23.4. The third-order valence-corrected chi connectivity index (χ3v) is 8.43. The topological polar surface area (TPSA) is 36.9 Å². The smallest absolute Gasteiger partial charge is 0.172 e. The maximum absolute atomic E-state index is 6.70. The molecule has 4 aromatic rings. The fourth-order valence-electron chi connectivity index (χ4n) is 6.41. The molecule has 4 heteroatoms. The predicted octanol–water partition coefficient (Wildman–Crippen LogP) is 7.03. The molecular formula is C33H34O4. The molecule has 4 aromatic carbocycles. The molecule has 0 bridgehead atoms. The van der Waals surface area contributed by atoms with Gasteiger partial charge < -0.3 is 18.9 Å². The number of hydrogen-bond acceptors (Lipinski definition) is 4. The molecular weight excluding hydrogens is 460 g/mol. The van der Waals surface area contributed by atoms with Crippen LogP contribution < -0.4 is 0 Å². The highest BCUT2D eigenvalue weighted by molar-refractivity contribution is 5.83. The van der Waals surface area contributed by atoms with Gasteiger partial charge >= 0.3 is 0 Å². The van der Waals surface area contributed by atoms with Gasteiger partial charge in [-0.2, -0.15) is 0 Å². The van der Waals surface area contributed by atoms with Gasteiger partial charge in [0, 0.05) is 12.3 Å². The summed E-state index contributed by atoms with van der Waals surface area (Å²) in [6.45, 7) is 2.15. The highest BCUT2D eigenvalue weighted by Gasteiger charge is 2.62. The van der Waals surface area contributed by atoms with Crippen LogP contribution in [0.1, 0.15) is 36.8 Å². The van der Waals surface area contributed by atoms with Crippen molar-refractivity contribution in [2.75, 3.05) is 13.2 Å². The first-order chi connectivity index (χ1) is 18.3. The molecule has 4 nitrogen and oxygen atoms in total. The van der Waals surface area contributed by atoms with Crippen LogP contribution in [-0.2, 0) is 32.2 Å². The van der Waals surface area contributed by atoms with Gasteiger partial charge in [-0.05, 0) is 70.0 Å². The summed E-state index contributed by atoms with van der Waals surface area (Å²) in [5, 5.41) is 4.98. The predicted molar refractivity (Wildman–Crippen MR) is 145 cm³/mol. The lowest BCUT2D eigenvalue weighted by atomic mass is 9.94. The number of benzene rings is 4. The molecule has 37 heavy (non-hydrogen) atoms. The van der Waals surface area contributed by atoms with E-state index in [9.17, 15) is 0 Å². The SMILES string of the molecule is c1ccc2cc(COC[C@@H]3OC4(CCC[C@H]5C[C@H]54)O[C@H]3COCc3ccc4ccccc4c3)ccc2c1. The molecule has 0 radical (unpaired) electrons. The summed E-state index contributed by atoms with van der Waals surface area (Å²) >= 11 is 0. The maximum atomic E-state index is 6.70. The van der Waals surface area contributed by atoms with Gasteiger partial charge in [-0.1, -0.05) is 72.8 Å². The van der Waals surface area contributed by atoms with E-state index in [0.29, 0.717) is 32.3 Å². The molecule has 3 fully saturated rings. The lowest BCUT2D eigenvalue weighted by Crippen LogP contribution is -2.37. The van der Waals surface area contributed by atoms with E-state index < -0.39 is 5.79 Å². The number of rotatable bonds is 8. The molecule has 1 heterocycles. The van der Waals surface area contributed by atoms with Gasteiger partial charge in [0.25, 0.3) is 0 Å². The summed E-state index contributed by atoms with van der Waals surface area (Å²) in [5.74, 6) is 0.872. The quantitative estimate of drug-likeness (QED) is 0.264. The largest absolute Gasteiger partial charge is 0.374 e. The minimum atomic E-state index is -0.434. The van der Waals surface area contributed by atoms with Crippen molar-refractivity contribution in [3.63, 3.8) is 0 Å². The molecule has 1 aliphatic heterocycles. The summed E-state index contributed by atoms with van der Waals surface area (Å²) in [4.78, 5) is 0. The van der Waals surface area contributed by atoms with Crippen molar-refractivity contribution < 1.29 is 18.9 Å². The lowest BCUT2D eigenvalue weighted by molar-refractivity contribution is -0.211. The van der Waals surface area contributed by atoms with Crippen LogP contribution in [0, 0.1) is 11.8 Å². The van der Waals surface area contributed by atoms with E-state index >= 15 is 0 Å². The zero-order valence-electron chi connectivity index (χ0n) is 21.2. The van der Waals surface area contributed by atoms with Crippen LogP contribution in [0.2, 0.25) is 0 Å². The average molecular weight is 495 g/mol. The Morgan fingerprint density at radius 3 is 1.78 bits per heavy atom. The Balaban J connectivity index is 1.00. The molecule has 4 atom stereocenters. The van der Waals surface area contributed by atoms with Crippen LogP contribution in [0.5, 0.6) is 0 Å². The van der Waals surface area contributed by atoms with Gasteiger partial charge in [0.15, 0.2) is 5.79 Å². The Morgan fingerprint density at radius 2 is 1.22 bits per heavy atom. The minimum Gasteiger partial charge on any atom is -0.374 e. The van der Waals surface area contributed by atoms with Crippen molar-refractivity contribution in [1.29, 1.82) is 0 Å². The Bertz CT molecular complexity index is 1300. The number of hydrogen-bond donors (Lipinski definition) is 0. The van der Waals surface area contributed by atoms with Crippen LogP contribution in [0.15, 0.2) is 84.9 Å². The van der Waals surface area contributed by atoms with Gasteiger partial charge in [0.2, 0.25) is 0 Å². The second-order valence-electron chi connectivity index (χ2n) is 11.0. The third kappa shape index (κ3) is 4.80. The second-order valence-corrected chi connectivity index (χ2v) is 11.0. The van der Waals surface area contributed by atoms with Crippen molar-refractivity contribution in [2.24, 2.45) is 11.8 Å². The minimum absolute atomic E-state index is 0.114. The summed E-state index contributed by atoms with van der Waals surface area (Å²) in [7, 11) is 0. The van der Waals surface area contributed by atoms with Gasteiger partial charge in [-0.15, -0.1) is 0 Å². The van der Waals surface area contributed by atoms with E-state index in [1.165, 1.54) is 51.9 Å². The van der Waals surface area contributed by atoms with Crippen molar-refractivity contribution in [3.8, 4) is 0 Å². The Labute approximate surface area is 218 Å². The van der Waals surface area contributed by atoms with Crippen molar-refractivity contribution in [3.05, 3.63) is 96.1 Å². The van der Waals surface area contributed by atoms with Gasteiger partial charge in [0.1, 0.15) is 12.2 Å². The van der Waals surface area contributed by atoms with Crippen LogP contribution >= 0.6 is 0 Å². The summed E-state index contributed by atoms with van der Waals surface area (Å²) in [6.07, 6.45) is 4.47. The van der Waals surface area contributed by atoms with E-state index in [1.807, 2.05) is 0 Å². The average Bonchev–Trinajstić information content (AvgIpc) is 3.66. The molecule has 2 aliphatic carbocycles. The molecule has 2 saturated carbocycles. The molecule has 3 aliphatic rings. The highest BCUT2D eigenvalue weighted by Crippen LogP contribution is 2.59. The summed E-state index contributed by atoms with van der Waals surface area (Å²) < 4.78 is 25.8. The first-order valence-corrected chi connectivity index (χ1v) is 13.7. The van der Waals surface area contributed by atoms with Gasteiger partial charge in [-0.25, -0.2) is 0 Å². The van der Waals surface area contributed by atoms with Crippen LogP contribution in [0.4, 0.5) is 0 Å². The van der Waals surface area contributed by atoms with Crippen molar-refractivity contribution in [1.82, 2.24) is 0 Å². The standard InChI is InChI=1S/C33H34O4/c1-3-8-27-16-23(11-13-25(27)6-1)19-34-21-31-32(37-33(36-31)15-5-10-29-18-30(29)33)22-35-20-24-12-14-26-7-2-4-9-28(26)17-24/h1-4,6-9,11-14,16-17,29-32H,5,10,15,18-22H2/t29-,30+,31-,32-/m0/s1. The zero-order chi connectivity index (χ0) is 24.7. The molecule has 0 aromatic heterocycles. The van der Waals surface area contributed by atoms with Gasteiger partial charge in [0.05, 0.1) is 26.4 Å². The highest BCUT2D eigenvalue weighted by atomic mass is 16.8. The zero-order valence-corrected chi connectivity index (χ0v) is 21.2. The van der Waals surface area contributed by atoms with E-state index in [-0.39, 0.29) is 12.2 Å². The van der Waals surface area contributed by atoms with Crippen LogP contribution in [-0.4, -0.2) is 31.2 Å².